The fourth-order valence-electron chi connectivity index (χ4n) is 0.693. The molecule has 0 rings (SSSR count). The standard InChI is InChI=1S/2C5H2F6O2.Zn/c2*6-4(7,8)2(12)1-3(13)5(9,10)11;/h2*1H2;. The van der Waals surface area contributed by atoms with Crippen molar-refractivity contribution in [3.63, 3.8) is 0 Å². The van der Waals surface area contributed by atoms with Crippen molar-refractivity contribution in [2.45, 2.75) is 37.5 Å². The summed E-state index contributed by atoms with van der Waals surface area (Å²) < 4.78 is 136. The Balaban J connectivity index is -0.000000411. The Morgan fingerprint density at radius 1 is 0.407 bits per heavy atom. The molecular weight excluding hydrogens is 477 g/mol. The predicted octanol–water partition coefficient (Wildman–Crippen LogP) is 3.28. The van der Waals surface area contributed by atoms with Gasteiger partial charge in [0, 0.05) is 19.5 Å². The van der Waals surface area contributed by atoms with Crippen LogP contribution in [0.5, 0.6) is 0 Å². The third-order valence-corrected chi connectivity index (χ3v) is 1.91. The molecule has 17 heteroatoms. The number of rotatable bonds is 4. The van der Waals surface area contributed by atoms with Gasteiger partial charge in [0.05, 0.1) is 12.8 Å². The SMILES string of the molecule is O=C(CC(=O)C(F)(F)F)C(F)(F)F.O=C(CC(=O)C(F)(F)F)C(F)(F)F.[Zn]. The average molecular weight is 482 g/mol. The molecule has 0 heterocycles. The molecule has 0 atom stereocenters. The molecule has 4 nitrogen and oxygen atoms in total. The van der Waals surface area contributed by atoms with Crippen molar-refractivity contribution in [3.05, 3.63) is 0 Å². The minimum Gasteiger partial charge on any atom is -0.289 e. The number of hydrogen-bond donors (Lipinski definition) is 0. The molecule has 0 bridgehead atoms. The van der Waals surface area contributed by atoms with E-state index in [0.29, 0.717) is 0 Å². The summed E-state index contributed by atoms with van der Waals surface area (Å²) >= 11 is 0. The predicted molar refractivity (Wildman–Crippen MR) is 53.5 cm³/mol. The van der Waals surface area contributed by atoms with E-state index in [0.717, 1.165) is 0 Å². The first-order valence-electron chi connectivity index (χ1n) is 5.50. The fraction of sp³-hybridized carbons (Fsp3) is 0.600. The molecule has 0 amide bonds. The first-order chi connectivity index (χ1) is 11.1. The number of ketones is 4. The first kappa shape index (κ1) is 30.2. The Labute approximate surface area is 153 Å². The second-order valence-electron chi connectivity index (χ2n) is 4.04. The molecule has 0 unspecified atom stereocenters. The number of carbonyl (C=O) groups excluding carboxylic acids is 4. The Kier molecular flexibility index (Phi) is 11.3. The van der Waals surface area contributed by atoms with Crippen LogP contribution < -0.4 is 0 Å². The molecule has 0 aromatic rings. The van der Waals surface area contributed by atoms with E-state index in [1.807, 2.05) is 0 Å². The summed E-state index contributed by atoms with van der Waals surface area (Å²) in [5, 5.41) is 0. The second kappa shape index (κ2) is 10.1. The van der Waals surface area contributed by atoms with Gasteiger partial charge in [0.25, 0.3) is 0 Å². The molecule has 0 aromatic carbocycles. The van der Waals surface area contributed by atoms with Gasteiger partial charge in [0.2, 0.25) is 23.1 Å². The largest absolute Gasteiger partial charge is 0.450 e. The van der Waals surface area contributed by atoms with Crippen LogP contribution >= 0.6 is 0 Å². The number of halogens is 12. The van der Waals surface area contributed by atoms with Crippen molar-refractivity contribution in [1.29, 1.82) is 0 Å². The van der Waals surface area contributed by atoms with Crippen LogP contribution in [0.1, 0.15) is 12.8 Å². The van der Waals surface area contributed by atoms with Gasteiger partial charge in [-0.3, -0.25) is 19.2 Å². The smallest absolute Gasteiger partial charge is 0.289 e. The van der Waals surface area contributed by atoms with Gasteiger partial charge in [-0.15, -0.1) is 0 Å². The van der Waals surface area contributed by atoms with Crippen molar-refractivity contribution in [2.75, 3.05) is 0 Å². The maximum atomic E-state index is 11.3. The molecular formula is C10H4F12O4Zn. The van der Waals surface area contributed by atoms with Gasteiger partial charge in [-0.1, -0.05) is 0 Å². The molecule has 0 N–H and O–H groups in total. The normalized spacial score (nSPS) is 12.3. The molecule has 27 heavy (non-hydrogen) atoms. The molecule has 0 aliphatic heterocycles. The Morgan fingerprint density at radius 2 is 0.519 bits per heavy atom. The monoisotopic (exact) mass is 480 g/mol. The van der Waals surface area contributed by atoms with E-state index in [1.54, 1.807) is 0 Å². The van der Waals surface area contributed by atoms with E-state index in [4.69, 9.17) is 0 Å². The van der Waals surface area contributed by atoms with Gasteiger partial charge in [-0.25, -0.2) is 0 Å². The van der Waals surface area contributed by atoms with E-state index in [2.05, 4.69) is 0 Å². The molecule has 0 saturated heterocycles. The van der Waals surface area contributed by atoms with Gasteiger partial charge in [0.15, 0.2) is 0 Å². The van der Waals surface area contributed by atoms with Crippen LogP contribution in [-0.4, -0.2) is 47.8 Å². The molecule has 0 aliphatic rings. The summed E-state index contributed by atoms with van der Waals surface area (Å²) in [5.74, 6) is -10.8. The molecule has 0 radical (unpaired) electrons. The summed E-state index contributed by atoms with van der Waals surface area (Å²) in [6.07, 6.45) is -26.0. The van der Waals surface area contributed by atoms with Crippen molar-refractivity contribution < 1.29 is 91.3 Å². The minimum absolute atomic E-state index is 0. The topological polar surface area (TPSA) is 68.3 Å². The summed E-state index contributed by atoms with van der Waals surface area (Å²) in [5.41, 5.74) is 0. The molecule has 0 spiro atoms. The zero-order valence-corrected chi connectivity index (χ0v) is 15.3. The summed E-state index contributed by atoms with van der Waals surface area (Å²) in [7, 11) is 0. The Hall–Kier alpha value is -1.54. The van der Waals surface area contributed by atoms with Gasteiger partial charge in [-0.2, -0.15) is 52.7 Å². The van der Waals surface area contributed by atoms with Crippen LogP contribution in [0.4, 0.5) is 52.7 Å². The van der Waals surface area contributed by atoms with E-state index in [-0.39, 0.29) is 19.5 Å². The summed E-state index contributed by atoms with van der Waals surface area (Å²) in [6.45, 7) is 0. The van der Waals surface area contributed by atoms with Gasteiger partial charge >= 0.3 is 24.7 Å². The zero-order chi connectivity index (χ0) is 21.7. The number of carbonyl (C=O) groups is 4. The van der Waals surface area contributed by atoms with Gasteiger partial charge in [-0.05, 0) is 0 Å². The fourth-order valence-corrected chi connectivity index (χ4v) is 0.693. The summed E-state index contributed by atoms with van der Waals surface area (Å²) in [4.78, 5) is 39.5. The molecule has 0 aliphatic carbocycles. The zero-order valence-electron chi connectivity index (χ0n) is 12.3. The van der Waals surface area contributed by atoms with Gasteiger partial charge < -0.3 is 0 Å². The second-order valence-corrected chi connectivity index (χ2v) is 4.04. The van der Waals surface area contributed by atoms with Crippen molar-refractivity contribution in [1.82, 2.24) is 0 Å². The van der Waals surface area contributed by atoms with Crippen molar-refractivity contribution in [2.24, 2.45) is 0 Å². The Morgan fingerprint density at radius 3 is 0.593 bits per heavy atom. The van der Waals surface area contributed by atoms with Crippen LogP contribution in [0.3, 0.4) is 0 Å². The van der Waals surface area contributed by atoms with E-state index < -0.39 is 60.7 Å². The van der Waals surface area contributed by atoms with E-state index >= 15 is 0 Å². The minimum atomic E-state index is -5.40. The Bertz CT molecular complexity index is 456. The van der Waals surface area contributed by atoms with E-state index in [1.165, 1.54) is 0 Å². The van der Waals surface area contributed by atoms with E-state index in [9.17, 15) is 71.9 Å². The van der Waals surface area contributed by atoms with Crippen LogP contribution in [0.2, 0.25) is 0 Å². The quantitative estimate of drug-likeness (QED) is 0.351. The summed E-state index contributed by atoms with van der Waals surface area (Å²) in [6, 6.07) is 0. The van der Waals surface area contributed by atoms with Crippen LogP contribution in [0.15, 0.2) is 0 Å². The molecule has 0 saturated carbocycles. The number of Topliss-reactive ketones (excluding diaryl/α,β-unsaturated/α-hetero) is 4. The van der Waals surface area contributed by atoms with Gasteiger partial charge in [0.1, 0.15) is 0 Å². The van der Waals surface area contributed by atoms with Crippen LogP contribution in [0.25, 0.3) is 0 Å². The maximum absolute atomic E-state index is 11.3. The molecule has 154 valence electrons. The van der Waals surface area contributed by atoms with Crippen molar-refractivity contribution in [3.8, 4) is 0 Å². The first-order valence-corrected chi connectivity index (χ1v) is 5.50. The third kappa shape index (κ3) is 13.3. The molecule has 0 aromatic heterocycles. The third-order valence-electron chi connectivity index (χ3n) is 1.91. The number of alkyl halides is 12. The number of hydrogen-bond acceptors (Lipinski definition) is 4. The van der Waals surface area contributed by atoms with Crippen LogP contribution in [0, 0.1) is 0 Å². The molecule has 0 fully saturated rings. The average Bonchev–Trinajstić information content (AvgIpc) is 2.34. The van der Waals surface area contributed by atoms with Crippen LogP contribution in [-0.2, 0) is 38.7 Å². The van der Waals surface area contributed by atoms with Crippen molar-refractivity contribution >= 4 is 23.1 Å². The maximum Gasteiger partial charge on any atom is 0.450 e.